The van der Waals surface area contributed by atoms with E-state index in [1.807, 2.05) is 0 Å². The zero-order chi connectivity index (χ0) is 15.1. The molecule has 2 atom stereocenters. The smallest absolute Gasteiger partial charge is 0.343 e. The highest BCUT2D eigenvalue weighted by Crippen LogP contribution is 2.58. The quantitative estimate of drug-likeness (QED) is 0.690. The lowest BCUT2D eigenvalue weighted by Crippen LogP contribution is -2.19. The average Bonchev–Trinajstić information content (AvgIpc) is 2.71. The molecule has 0 aliphatic heterocycles. The van der Waals surface area contributed by atoms with Crippen molar-refractivity contribution in [3.05, 3.63) is 11.8 Å². The molecule has 1 aliphatic rings. The van der Waals surface area contributed by atoms with Crippen molar-refractivity contribution in [1.29, 1.82) is 0 Å². The van der Waals surface area contributed by atoms with Gasteiger partial charge in [-0.05, 0) is 5.41 Å². The SMILES string of the molecule is COC(=O)c1cn[nH]c1NC(=O)[C@@H]1[C@H](C(=O)O)C1(C)C. The van der Waals surface area contributed by atoms with Gasteiger partial charge in [-0.1, -0.05) is 13.8 Å². The van der Waals surface area contributed by atoms with Gasteiger partial charge in [-0.3, -0.25) is 14.7 Å². The van der Waals surface area contributed by atoms with Crippen LogP contribution < -0.4 is 5.32 Å². The van der Waals surface area contributed by atoms with Gasteiger partial charge in [0.05, 0.1) is 25.1 Å². The van der Waals surface area contributed by atoms with Gasteiger partial charge in [0.15, 0.2) is 0 Å². The molecule has 1 saturated carbocycles. The van der Waals surface area contributed by atoms with Crippen LogP contribution in [0.5, 0.6) is 0 Å². The molecule has 3 N–H and O–H groups in total. The predicted octanol–water partition coefficient (Wildman–Crippen LogP) is 0.492. The second kappa shape index (κ2) is 4.62. The lowest BCUT2D eigenvalue weighted by atomic mass is 10.1. The van der Waals surface area contributed by atoms with Crippen LogP contribution >= 0.6 is 0 Å². The number of H-pyrrole nitrogens is 1. The van der Waals surface area contributed by atoms with Crippen LogP contribution in [0.25, 0.3) is 0 Å². The van der Waals surface area contributed by atoms with Crippen LogP contribution in [0.2, 0.25) is 0 Å². The van der Waals surface area contributed by atoms with E-state index in [0.29, 0.717) is 0 Å². The van der Waals surface area contributed by atoms with E-state index in [1.54, 1.807) is 13.8 Å². The molecule has 1 amide bonds. The van der Waals surface area contributed by atoms with Gasteiger partial charge in [-0.25, -0.2) is 4.79 Å². The molecule has 1 aromatic heterocycles. The Morgan fingerprint density at radius 3 is 2.55 bits per heavy atom. The first-order valence-corrected chi connectivity index (χ1v) is 5.96. The molecule has 1 aliphatic carbocycles. The number of methoxy groups -OCH3 is 1. The van der Waals surface area contributed by atoms with Crippen molar-refractivity contribution < 1.29 is 24.2 Å². The average molecular weight is 281 g/mol. The fraction of sp³-hybridized carbons (Fsp3) is 0.500. The molecule has 2 rings (SSSR count). The number of ether oxygens (including phenoxy) is 1. The van der Waals surface area contributed by atoms with Gasteiger partial charge in [0, 0.05) is 0 Å². The van der Waals surface area contributed by atoms with E-state index in [9.17, 15) is 14.4 Å². The van der Waals surface area contributed by atoms with Gasteiger partial charge in [-0.15, -0.1) is 0 Å². The van der Waals surface area contributed by atoms with Crippen molar-refractivity contribution in [3.63, 3.8) is 0 Å². The molecule has 0 unspecified atom stereocenters. The number of nitrogens with one attached hydrogen (secondary N) is 2. The van der Waals surface area contributed by atoms with Gasteiger partial charge in [-0.2, -0.15) is 5.10 Å². The molecule has 8 heteroatoms. The van der Waals surface area contributed by atoms with Gasteiger partial charge >= 0.3 is 11.9 Å². The van der Waals surface area contributed by atoms with Gasteiger partial charge in [0.2, 0.25) is 5.91 Å². The van der Waals surface area contributed by atoms with Gasteiger partial charge in [0.1, 0.15) is 11.4 Å². The number of aromatic nitrogens is 2. The van der Waals surface area contributed by atoms with Crippen LogP contribution in [0.4, 0.5) is 5.82 Å². The predicted molar refractivity (Wildman–Crippen MR) is 67.0 cm³/mol. The van der Waals surface area contributed by atoms with Crippen LogP contribution in [0.15, 0.2) is 6.20 Å². The molecule has 8 nitrogen and oxygen atoms in total. The molecule has 1 heterocycles. The first-order chi connectivity index (χ1) is 9.30. The number of carbonyl (C=O) groups is 3. The molecular weight excluding hydrogens is 266 g/mol. The maximum absolute atomic E-state index is 12.1. The molecular formula is C12H15N3O5. The van der Waals surface area contributed by atoms with E-state index in [2.05, 4.69) is 20.3 Å². The molecule has 0 aromatic carbocycles. The number of carboxylic acids is 1. The topological polar surface area (TPSA) is 121 Å². The van der Waals surface area contributed by atoms with Crippen LogP contribution in [0.3, 0.4) is 0 Å². The minimum atomic E-state index is -1.01. The zero-order valence-corrected chi connectivity index (χ0v) is 11.3. The Balaban J connectivity index is 2.13. The first-order valence-electron chi connectivity index (χ1n) is 5.96. The fourth-order valence-corrected chi connectivity index (χ4v) is 2.44. The summed E-state index contributed by atoms with van der Waals surface area (Å²) in [6.45, 7) is 3.43. The largest absolute Gasteiger partial charge is 0.481 e. The number of rotatable bonds is 4. The Morgan fingerprint density at radius 2 is 2.05 bits per heavy atom. The van der Waals surface area contributed by atoms with Crippen molar-refractivity contribution in [2.24, 2.45) is 17.3 Å². The Morgan fingerprint density at radius 1 is 1.40 bits per heavy atom. The second-order valence-electron chi connectivity index (χ2n) is 5.25. The monoisotopic (exact) mass is 281 g/mol. The van der Waals surface area contributed by atoms with E-state index in [0.717, 1.165) is 0 Å². The summed E-state index contributed by atoms with van der Waals surface area (Å²) in [5.41, 5.74) is -0.521. The molecule has 0 bridgehead atoms. The lowest BCUT2D eigenvalue weighted by Gasteiger charge is -2.05. The van der Waals surface area contributed by atoms with Crippen LogP contribution in [0, 0.1) is 17.3 Å². The number of carboxylic acid groups (broad SMARTS) is 1. The Labute approximate surface area is 114 Å². The maximum atomic E-state index is 12.1. The van der Waals surface area contributed by atoms with E-state index in [1.165, 1.54) is 13.3 Å². The highest BCUT2D eigenvalue weighted by Gasteiger charge is 2.66. The lowest BCUT2D eigenvalue weighted by molar-refractivity contribution is -0.140. The molecule has 0 spiro atoms. The van der Waals surface area contributed by atoms with Crippen LogP contribution in [0.1, 0.15) is 24.2 Å². The first kappa shape index (κ1) is 14.0. The van der Waals surface area contributed by atoms with E-state index < -0.39 is 35.1 Å². The number of anilines is 1. The summed E-state index contributed by atoms with van der Waals surface area (Å²) in [6, 6.07) is 0. The molecule has 0 radical (unpaired) electrons. The summed E-state index contributed by atoms with van der Waals surface area (Å²) in [4.78, 5) is 34.6. The van der Waals surface area contributed by atoms with Crippen LogP contribution in [-0.4, -0.2) is 40.3 Å². The number of aliphatic carboxylic acids is 1. The third-order valence-electron chi connectivity index (χ3n) is 3.67. The minimum Gasteiger partial charge on any atom is -0.481 e. The third-order valence-corrected chi connectivity index (χ3v) is 3.67. The standard InChI is InChI=1S/C12H15N3O5/c1-12(2)6(7(12)10(17)18)9(16)14-8-5(4-13-15-8)11(19)20-3/h4,6-7H,1-3H3,(H,17,18)(H2,13,14,15,16)/t6-,7+/m0/s1. The van der Waals surface area contributed by atoms with Crippen molar-refractivity contribution in [2.75, 3.05) is 12.4 Å². The highest BCUT2D eigenvalue weighted by atomic mass is 16.5. The Bertz CT molecular complexity index is 577. The molecule has 108 valence electrons. The summed E-state index contributed by atoms with van der Waals surface area (Å²) >= 11 is 0. The molecule has 1 aromatic rings. The number of carbonyl (C=O) groups excluding carboxylic acids is 2. The summed E-state index contributed by atoms with van der Waals surface area (Å²) < 4.78 is 4.55. The number of nitrogens with zero attached hydrogens (tertiary/aromatic N) is 1. The molecule has 20 heavy (non-hydrogen) atoms. The third kappa shape index (κ3) is 2.13. The summed E-state index contributed by atoms with van der Waals surface area (Å²) in [5.74, 6) is -3.38. The van der Waals surface area contributed by atoms with Gasteiger partial charge < -0.3 is 15.2 Å². The number of esters is 1. The van der Waals surface area contributed by atoms with E-state index in [4.69, 9.17) is 5.11 Å². The Hall–Kier alpha value is -2.38. The zero-order valence-electron chi connectivity index (χ0n) is 11.3. The van der Waals surface area contributed by atoms with Crippen LogP contribution in [-0.2, 0) is 14.3 Å². The summed E-state index contributed by atoms with van der Waals surface area (Å²) in [7, 11) is 1.21. The van der Waals surface area contributed by atoms with Crippen molar-refractivity contribution in [2.45, 2.75) is 13.8 Å². The Kier molecular flexibility index (Phi) is 3.24. The number of hydrogen-bond donors (Lipinski definition) is 3. The van der Waals surface area contributed by atoms with E-state index >= 15 is 0 Å². The second-order valence-corrected chi connectivity index (χ2v) is 5.25. The van der Waals surface area contributed by atoms with Crippen molar-refractivity contribution in [1.82, 2.24) is 10.2 Å². The fourth-order valence-electron chi connectivity index (χ4n) is 2.44. The minimum absolute atomic E-state index is 0.0891. The molecule has 1 fully saturated rings. The summed E-state index contributed by atoms with van der Waals surface area (Å²) in [5, 5.41) is 17.7. The number of hydrogen-bond acceptors (Lipinski definition) is 5. The highest BCUT2D eigenvalue weighted by molar-refractivity contribution is 6.03. The van der Waals surface area contributed by atoms with Gasteiger partial charge in [0.25, 0.3) is 0 Å². The summed E-state index contributed by atoms with van der Waals surface area (Å²) in [6.07, 6.45) is 1.23. The normalized spacial score (nSPS) is 22.9. The number of amides is 1. The molecule has 0 saturated heterocycles. The van der Waals surface area contributed by atoms with Crippen molar-refractivity contribution >= 4 is 23.7 Å². The van der Waals surface area contributed by atoms with E-state index in [-0.39, 0.29) is 11.4 Å². The maximum Gasteiger partial charge on any atom is 0.343 e. The number of aromatic amines is 1. The van der Waals surface area contributed by atoms with Crippen molar-refractivity contribution in [3.8, 4) is 0 Å².